The third kappa shape index (κ3) is 2.58. The number of nitriles is 1. The van der Waals surface area contributed by atoms with Crippen LogP contribution in [0.3, 0.4) is 0 Å². The van der Waals surface area contributed by atoms with Crippen molar-refractivity contribution < 1.29 is 9.52 Å². The van der Waals surface area contributed by atoms with Crippen molar-refractivity contribution in [2.24, 2.45) is 0 Å². The van der Waals surface area contributed by atoms with Crippen LogP contribution in [-0.2, 0) is 0 Å². The fourth-order valence-electron chi connectivity index (χ4n) is 1.64. The third-order valence-electron chi connectivity index (χ3n) is 2.62. The van der Waals surface area contributed by atoms with Gasteiger partial charge in [0.2, 0.25) is 0 Å². The van der Waals surface area contributed by atoms with E-state index in [0.29, 0.717) is 5.56 Å². The van der Waals surface area contributed by atoms with Gasteiger partial charge in [0.05, 0.1) is 28.9 Å². The molecule has 0 saturated heterocycles. The lowest BCUT2D eigenvalue weighted by atomic mass is 10.1. The molecular weight excluding hydrogens is 246 g/mol. The Labute approximate surface area is 110 Å². The van der Waals surface area contributed by atoms with Gasteiger partial charge in [0.25, 0.3) is 0 Å². The van der Waals surface area contributed by atoms with Gasteiger partial charge in [-0.25, -0.2) is 0 Å². The van der Waals surface area contributed by atoms with Crippen molar-refractivity contribution in [2.75, 3.05) is 0 Å². The standard InChI is InChI=1S/C14H13NO2S/c1-9(16)12-4-3-11(8-15)7-14(12)18-13-5-6-17-10(13)2/h3-7,9,16H,1-2H3/t9-/m1/s1. The zero-order valence-corrected chi connectivity index (χ0v) is 11.0. The quantitative estimate of drug-likeness (QED) is 0.913. The number of aliphatic hydroxyl groups excluding tert-OH is 1. The average Bonchev–Trinajstić information content (AvgIpc) is 2.74. The van der Waals surface area contributed by atoms with Crippen molar-refractivity contribution in [2.45, 2.75) is 29.7 Å². The Hall–Kier alpha value is -1.70. The van der Waals surface area contributed by atoms with Crippen molar-refractivity contribution in [3.05, 3.63) is 47.4 Å². The van der Waals surface area contributed by atoms with E-state index in [9.17, 15) is 5.11 Å². The van der Waals surface area contributed by atoms with Crippen molar-refractivity contribution in [1.82, 2.24) is 0 Å². The maximum absolute atomic E-state index is 9.75. The van der Waals surface area contributed by atoms with Crippen LogP contribution in [0.5, 0.6) is 0 Å². The minimum Gasteiger partial charge on any atom is -0.468 e. The summed E-state index contributed by atoms with van der Waals surface area (Å²) in [5, 5.41) is 18.7. The van der Waals surface area contributed by atoms with E-state index < -0.39 is 6.10 Å². The predicted molar refractivity (Wildman–Crippen MR) is 69.4 cm³/mol. The molecule has 0 amide bonds. The fraction of sp³-hybridized carbons (Fsp3) is 0.214. The number of hydrogen-bond donors (Lipinski definition) is 1. The maximum atomic E-state index is 9.75. The van der Waals surface area contributed by atoms with Gasteiger partial charge in [0.1, 0.15) is 5.76 Å². The Bertz CT molecular complexity index is 596. The number of rotatable bonds is 3. The molecule has 0 aliphatic rings. The minimum atomic E-state index is -0.563. The molecule has 1 aromatic heterocycles. The molecule has 1 aromatic carbocycles. The largest absolute Gasteiger partial charge is 0.468 e. The molecule has 4 heteroatoms. The van der Waals surface area contributed by atoms with Crippen molar-refractivity contribution in [3.8, 4) is 6.07 Å². The summed E-state index contributed by atoms with van der Waals surface area (Å²) in [6.45, 7) is 3.60. The lowest BCUT2D eigenvalue weighted by Gasteiger charge is -2.11. The van der Waals surface area contributed by atoms with E-state index in [1.807, 2.05) is 13.0 Å². The molecule has 0 fully saturated rings. The summed E-state index contributed by atoms with van der Waals surface area (Å²) in [5.41, 5.74) is 1.41. The van der Waals surface area contributed by atoms with Crippen molar-refractivity contribution >= 4 is 11.8 Å². The van der Waals surface area contributed by atoms with E-state index in [2.05, 4.69) is 6.07 Å². The van der Waals surface area contributed by atoms with Gasteiger partial charge in [0, 0.05) is 4.90 Å². The van der Waals surface area contributed by atoms with Crippen LogP contribution in [-0.4, -0.2) is 5.11 Å². The van der Waals surface area contributed by atoms with E-state index in [-0.39, 0.29) is 0 Å². The predicted octanol–water partition coefficient (Wildman–Crippen LogP) is 3.66. The molecule has 0 bridgehead atoms. The van der Waals surface area contributed by atoms with Gasteiger partial charge >= 0.3 is 0 Å². The highest BCUT2D eigenvalue weighted by Gasteiger charge is 2.12. The molecule has 1 atom stereocenters. The minimum absolute atomic E-state index is 0.563. The van der Waals surface area contributed by atoms with Crippen LogP contribution in [0.1, 0.15) is 29.9 Å². The second-order valence-corrected chi connectivity index (χ2v) is 5.07. The number of aryl methyl sites for hydroxylation is 1. The van der Waals surface area contributed by atoms with E-state index in [4.69, 9.17) is 9.68 Å². The van der Waals surface area contributed by atoms with Crippen LogP contribution < -0.4 is 0 Å². The summed E-state index contributed by atoms with van der Waals surface area (Å²) < 4.78 is 5.25. The lowest BCUT2D eigenvalue weighted by Crippen LogP contribution is -1.94. The Morgan fingerprint density at radius 1 is 1.33 bits per heavy atom. The summed E-state index contributed by atoms with van der Waals surface area (Å²) in [5.74, 6) is 0.832. The smallest absolute Gasteiger partial charge is 0.114 e. The van der Waals surface area contributed by atoms with Gasteiger partial charge in [-0.15, -0.1) is 0 Å². The van der Waals surface area contributed by atoms with Gasteiger partial charge in [-0.3, -0.25) is 0 Å². The molecule has 0 saturated carbocycles. The lowest BCUT2D eigenvalue weighted by molar-refractivity contribution is 0.196. The van der Waals surface area contributed by atoms with Gasteiger partial charge in [-0.1, -0.05) is 17.8 Å². The zero-order chi connectivity index (χ0) is 13.1. The number of hydrogen-bond acceptors (Lipinski definition) is 4. The maximum Gasteiger partial charge on any atom is 0.114 e. The summed E-state index contributed by atoms with van der Waals surface area (Å²) in [6, 6.07) is 9.29. The van der Waals surface area contributed by atoms with Crippen LogP contribution in [0.2, 0.25) is 0 Å². The SMILES string of the molecule is Cc1occc1Sc1cc(C#N)ccc1[C@@H](C)O. The second kappa shape index (κ2) is 5.30. The molecule has 0 aliphatic heterocycles. The average molecular weight is 259 g/mol. The molecule has 2 rings (SSSR count). The Morgan fingerprint density at radius 3 is 2.67 bits per heavy atom. The molecule has 0 radical (unpaired) electrons. The zero-order valence-electron chi connectivity index (χ0n) is 10.2. The molecule has 1 heterocycles. The highest BCUT2D eigenvalue weighted by atomic mass is 32.2. The molecule has 2 aromatic rings. The number of nitrogens with zero attached hydrogens (tertiary/aromatic N) is 1. The van der Waals surface area contributed by atoms with Gasteiger partial charge in [-0.05, 0) is 37.6 Å². The first-order valence-electron chi connectivity index (χ1n) is 5.56. The van der Waals surface area contributed by atoms with E-state index in [1.165, 1.54) is 11.8 Å². The molecule has 0 unspecified atom stereocenters. The van der Waals surface area contributed by atoms with Gasteiger partial charge in [0.15, 0.2) is 0 Å². The summed E-state index contributed by atoms with van der Waals surface area (Å²) >= 11 is 1.50. The van der Waals surface area contributed by atoms with Crippen LogP contribution in [0.25, 0.3) is 0 Å². The number of furan rings is 1. The number of aliphatic hydroxyl groups is 1. The van der Waals surface area contributed by atoms with Crippen molar-refractivity contribution in [1.29, 1.82) is 5.26 Å². The molecular formula is C14H13NO2S. The Balaban J connectivity index is 2.42. The first kappa shape index (κ1) is 12.7. The van der Waals surface area contributed by atoms with Crippen LogP contribution in [0.15, 0.2) is 44.7 Å². The normalized spacial score (nSPS) is 12.1. The molecule has 1 N–H and O–H groups in total. The topological polar surface area (TPSA) is 57.2 Å². The number of benzene rings is 1. The molecule has 0 aliphatic carbocycles. The highest BCUT2D eigenvalue weighted by molar-refractivity contribution is 7.99. The third-order valence-corrected chi connectivity index (χ3v) is 3.84. The first-order chi connectivity index (χ1) is 8.61. The monoisotopic (exact) mass is 259 g/mol. The first-order valence-corrected chi connectivity index (χ1v) is 6.37. The summed E-state index contributed by atoms with van der Waals surface area (Å²) in [7, 11) is 0. The van der Waals surface area contributed by atoms with Crippen LogP contribution >= 0.6 is 11.8 Å². The van der Waals surface area contributed by atoms with E-state index >= 15 is 0 Å². The van der Waals surface area contributed by atoms with Crippen LogP contribution in [0, 0.1) is 18.3 Å². The van der Waals surface area contributed by atoms with Gasteiger partial charge < -0.3 is 9.52 Å². The fourth-order valence-corrected chi connectivity index (χ4v) is 2.73. The van der Waals surface area contributed by atoms with E-state index in [1.54, 1.807) is 31.4 Å². The molecule has 18 heavy (non-hydrogen) atoms. The summed E-state index contributed by atoms with van der Waals surface area (Å²) in [4.78, 5) is 1.88. The van der Waals surface area contributed by atoms with Gasteiger partial charge in [-0.2, -0.15) is 5.26 Å². The Morgan fingerprint density at radius 2 is 2.11 bits per heavy atom. The Kier molecular flexibility index (Phi) is 3.75. The second-order valence-electron chi connectivity index (χ2n) is 3.98. The summed E-state index contributed by atoms with van der Waals surface area (Å²) in [6.07, 6.45) is 1.07. The van der Waals surface area contributed by atoms with Crippen molar-refractivity contribution in [3.63, 3.8) is 0 Å². The molecule has 0 spiro atoms. The molecule has 3 nitrogen and oxygen atoms in total. The highest BCUT2D eigenvalue weighted by Crippen LogP contribution is 2.36. The molecule has 92 valence electrons. The van der Waals surface area contributed by atoms with Crippen LogP contribution in [0.4, 0.5) is 0 Å². The van der Waals surface area contributed by atoms with E-state index in [0.717, 1.165) is 21.1 Å².